The maximum absolute atomic E-state index is 5.32. The Kier molecular flexibility index (Phi) is 3.16. The molecule has 0 aliphatic carbocycles. The van der Waals surface area contributed by atoms with Gasteiger partial charge in [-0.25, -0.2) is 0 Å². The molecule has 0 saturated heterocycles. The van der Waals surface area contributed by atoms with Crippen LogP contribution in [0.2, 0.25) is 0 Å². The molecule has 19 heavy (non-hydrogen) atoms. The summed E-state index contributed by atoms with van der Waals surface area (Å²) in [6, 6.07) is 17.3. The number of hydrogen-bond acceptors (Lipinski definition) is 2. The molecule has 2 unspecified atom stereocenters. The highest BCUT2D eigenvalue weighted by atomic mass is 16.5. The lowest BCUT2D eigenvalue weighted by atomic mass is 9.85. The molecule has 0 radical (unpaired) electrons. The summed E-state index contributed by atoms with van der Waals surface area (Å²) in [5.74, 6) is 1.49. The quantitative estimate of drug-likeness (QED) is 0.872. The first-order chi connectivity index (χ1) is 9.28. The van der Waals surface area contributed by atoms with Crippen molar-refractivity contribution in [2.45, 2.75) is 19.4 Å². The lowest BCUT2D eigenvalue weighted by Crippen LogP contribution is -2.25. The molecule has 0 saturated carbocycles. The van der Waals surface area contributed by atoms with Gasteiger partial charge in [-0.3, -0.25) is 0 Å². The first-order valence-corrected chi connectivity index (χ1v) is 6.76. The second-order valence-corrected chi connectivity index (χ2v) is 5.24. The van der Waals surface area contributed by atoms with Crippen LogP contribution in [0.3, 0.4) is 0 Å². The van der Waals surface area contributed by atoms with E-state index in [2.05, 4.69) is 54.7 Å². The standard InChI is InChI=1S/C17H19NO/c1-12-10-13-6-3-4-9-16(13)18-17(12)14-7-5-8-15(11-14)19-2/h3-9,11-12,17-18H,10H2,1-2H3. The minimum atomic E-state index is 0.352. The van der Waals surface area contributed by atoms with E-state index in [-0.39, 0.29) is 0 Å². The van der Waals surface area contributed by atoms with Gasteiger partial charge in [-0.1, -0.05) is 37.3 Å². The van der Waals surface area contributed by atoms with Crippen LogP contribution < -0.4 is 10.1 Å². The van der Waals surface area contributed by atoms with Crippen molar-refractivity contribution in [2.75, 3.05) is 12.4 Å². The van der Waals surface area contributed by atoms with Crippen LogP contribution >= 0.6 is 0 Å². The summed E-state index contributed by atoms with van der Waals surface area (Å²) < 4.78 is 5.32. The number of fused-ring (bicyclic) bond motifs is 1. The molecule has 2 heteroatoms. The van der Waals surface area contributed by atoms with Crippen LogP contribution in [-0.4, -0.2) is 7.11 Å². The Bertz CT molecular complexity index is 579. The molecule has 2 atom stereocenters. The lowest BCUT2D eigenvalue weighted by molar-refractivity contribution is 0.412. The predicted octanol–water partition coefficient (Wildman–Crippen LogP) is 4.04. The summed E-state index contributed by atoms with van der Waals surface area (Å²) in [6.45, 7) is 2.30. The van der Waals surface area contributed by atoms with E-state index >= 15 is 0 Å². The average Bonchev–Trinajstić information content (AvgIpc) is 2.46. The SMILES string of the molecule is COc1cccc(C2Nc3ccccc3CC2C)c1. The highest BCUT2D eigenvalue weighted by Gasteiger charge is 2.25. The van der Waals surface area contributed by atoms with Gasteiger partial charge in [0.2, 0.25) is 0 Å². The van der Waals surface area contributed by atoms with E-state index in [9.17, 15) is 0 Å². The molecule has 1 N–H and O–H groups in total. The van der Waals surface area contributed by atoms with E-state index in [0.29, 0.717) is 12.0 Å². The first kappa shape index (κ1) is 12.1. The van der Waals surface area contributed by atoms with Crippen molar-refractivity contribution in [3.8, 4) is 5.75 Å². The van der Waals surface area contributed by atoms with Gasteiger partial charge in [0, 0.05) is 5.69 Å². The molecule has 2 aromatic rings. The van der Waals surface area contributed by atoms with Crippen LogP contribution in [0.1, 0.15) is 24.1 Å². The largest absolute Gasteiger partial charge is 0.497 e. The highest BCUT2D eigenvalue weighted by Crippen LogP contribution is 2.37. The second kappa shape index (κ2) is 4.96. The Morgan fingerprint density at radius 1 is 1.11 bits per heavy atom. The number of rotatable bonds is 2. The topological polar surface area (TPSA) is 21.3 Å². The maximum Gasteiger partial charge on any atom is 0.119 e. The third kappa shape index (κ3) is 2.30. The molecule has 2 aromatic carbocycles. The molecule has 0 amide bonds. The van der Waals surface area contributed by atoms with Crippen molar-refractivity contribution in [2.24, 2.45) is 5.92 Å². The first-order valence-electron chi connectivity index (χ1n) is 6.76. The van der Waals surface area contributed by atoms with E-state index in [1.165, 1.54) is 16.8 Å². The fourth-order valence-electron chi connectivity index (χ4n) is 2.86. The zero-order valence-electron chi connectivity index (χ0n) is 11.4. The van der Waals surface area contributed by atoms with Crippen molar-refractivity contribution >= 4 is 5.69 Å². The van der Waals surface area contributed by atoms with Crippen molar-refractivity contribution in [1.29, 1.82) is 0 Å². The van der Waals surface area contributed by atoms with Gasteiger partial charge in [0.15, 0.2) is 0 Å². The number of hydrogen-bond donors (Lipinski definition) is 1. The third-order valence-electron chi connectivity index (χ3n) is 3.89. The van der Waals surface area contributed by atoms with Crippen molar-refractivity contribution in [1.82, 2.24) is 0 Å². The maximum atomic E-state index is 5.32. The fourth-order valence-corrected chi connectivity index (χ4v) is 2.86. The Morgan fingerprint density at radius 2 is 1.95 bits per heavy atom. The van der Waals surface area contributed by atoms with Crippen LogP contribution in [0.4, 0.5) is 5.69 Å². The van der Waals surface area contributed by atoms with Crippen molar-refractivity contribution in [3.63, 3.8) is 0 Å². The van der Waals surface area contributed by atoms with E-state index in [1.54, 1.807) is 7.11 Å². The van der Waals surface area contributed by atoms with Gasteiger partial charge >= 0.3 is 0 Å². The molecule has 98 valence electrons. The minimum Gasteiger partial charge on any atom is -0.497 e. The summed E-state index contributed by atoms with van der Waals surface area (Å²) in [6.07, 6.45) is 1.12. The van der Waals surface area contributed by atoms with Crippen LogP contribution in [-0.2, 0) is 6.42 Å². The van der Waals surface area contributed by atoms with Gasteiger partial charge in [-0.05, 0) is 41.7 Å². The molecule has 1 aliphatic heterocycles. The second-order valence-electron chi connectivity index (χ2n) is 5.24. The van der Waals surface area contributed by atoms with Crippen LogP contribution in [0.5, 0.6) is 5.75 Å². The number of para-hydroxylation sites is 1. The zero-order chi connectivity index (χ0) is 13.2. The number of nitrogens with one attached hydrogen (secondary N) is 1. The number of anilines is 1. The predicted molar refractivity (Wildman–Crippen MR) is 78.7 cm³/mol. The number of benzene rings is 2. The van der Waals surface area contributed by atoms with Crippen molar-refractivity contribution < 1.29 is 4.74 Å². The van der Waals surface area contributed by atoms with Gasteiger partial charge in [0.05, 0.1) is 13.2 Å². The van der Waals surface area contributed by atoms with E-state index < -0.39 is 0 Å². The van der Waals surface area contributed by atoms with Gasteiger partial charge in [-0.15, -0.1) is 0 Å². The summed E-state index contributed by atoms with van der Waals surface area (Å²) in [7, 11) is 1.71. The molecular formula is C17H19NO. The molecule has 0 spiro atoms. The van der Waals surface area contributed by atoms with Gasteiger partial charge < -0.3 is 10.1 Å². The summed E-state index contributed by atoms with van der Waals surface area (Å²) >= 11 is 0. The minimum absolute atomic E-state index is 0.352. The molecule has 1 heterocycles. The van der Waals surface area contributed by atoms with E-state index in [1.807, 2.05) is 6.07 Å². The Hall–Kier alpha value is -1.96. The normalized spacial score (nSPS) is 21.4. The van der Waals surface area contributed by atoms with E-state index in [0.717, 1.165) is 12.2 Å². The molecule has 2 nitrogen and oxygen atoms in total. The monoisotopic (exact) mass is 253 g/mol. The fraction of sp³-hybridized carbons (Fsp3) is 0.294. The molecule has 0 fully saturated rings. The van der Waals surface area contributed by atoms with Crippen LogP contribution in [0.15, 0.2) is 48.5 Å². The summed E-state index contributed by atoms with van der Waals surface area (Å²) in [5, 5.41) is 3.66. The Labute approximate surface area is 114 Å². The third-order valence-corrected chi connectivity index (χ3v) is 3.89. The van der Waals surface area contributed by atoms with Crippen LogP contribution in [0.25, 0.3) is 0 Å². The highest BCUT2D eigenvalue weighted by molar-refractivity contribution is 5.55. The molecule has 0 aromatic heterocycles. The van der Waals surface area contributed by atoms with Crippen molar-refractivity contribution in [3.05, 3.63) is 59.7 Å². The molecular weight excluding hydrogens is 234 g/mol. The zero-order valence-corrected chi connectivity index (χ0v) is 11.4. The summed E-state index contributed by atoms with van der Waals surface area (Å²) in [4.78, 5) is 0. The Morgan fingerprint density at radius 3 is 2.79 bits per heavy atom. The van der Waals surface area contributed by atoms with E-state index in [4.69, 9.17) is 4.74 Å². The summed E-state index contributed by atoms with van der Waals surface area (Å²) in [5.41, 5.74) is 3.96. The number of methoxy groups -OCH3 is 1. The number of ether oxygens (including phenoxy) is 1. The smallest absolute Gasteiger partial charge is 0.119 e. The molecule has 0 bridgehead atoms. The molecule has 3 rings (SSSR count). The average molecular weight is 253 g/mol. The van der Waals surface area contributed by atoms with Gasteiger partial charge in [-0.2, -0.15) is 0 Å². The Balaban J connectivity index is 1.93. The van der Waals surface area contributed by atoms with Gasteiger partial charge in [0.1, 0.15) is 5.75 Å². The molecule has 1 aliphatic rings. The van der Waals surface area contributed by atoms with Gasteiger partial charge in [0.25, 0.3) is 0 Å². The van der Waals surface area contributed by atoms with Crippen LogP contribution in [0, 0.1) is 5.92 Å². The lowest BCUT2D eigenvalue weighted by Gasteiger charge is -2.33.